The summed E-state index contributed by atoms with van der Waals surface area (Å²) in [5, 5.41) is 4.70. The number of carbonyl (C=O) groups is 2. The van der Waals surface area contributed by atoms with Crippen molar-refractivity contribution in [2.45, 2.75) is 33.1 Å². The summed E-state index contributed by atoms with van der Waals surface area (Å²) < 4.78 is 11.4. The minimum absolute atomic E-state index is 0.0417. The van der Waals surface area contributed by atoms with Crippen LogP contribution in [-0.4, -0.2) is 49.2 Å². The van der Waals surface area contributed by atoms with Crippen molar-refractivity contribution in [1.82, 2.24) is 10.3 Å². The summed E-state index contributed by atoms with van der Waals surface area (Å²) >= 11 is 5.89. The van der Waals surface area contributed by atoms with Crippen molar-refractivity contribution in [3.8, 4) is 11.5 Å². The molecule has 2 aromatic rings. The van der Waals surface area contributed by atoms with E-state index in [-0.39, 0.29) is 17.7 Å². The van der Waals surface area contributed by atoms with Crippen LogP contribution in [-0.2, 0) is 4.79 Å². The first-order chi connectivity index (χ1) is 16.0. The second-order valence-electron chi connectivity index (χ2n) is 7.80. The number of rotatable bonds is 9. The van der Waals surface area contributed by atoms with Crippen molar-refractivity contribution in [2.75, 3.05) is 26.3 Å². The van der Waals surface area contributed by atoms with Crippen LogP contribution in [0.25, 0.3) is 0 Å². The number of hydrogen-bond acceptors (Lipinski definition) is 5. The third kappa shape index (κ3) is 6.96. The highest BCUT2D eigenvalue weighted by molar-refractivity contribution is 6.30. The van der Waals surface area contributed by atoms with Crippen LogP contribution in [0.4, 0.5) is 0 Å². The summed E-state index contributed by atoms with van der Waals surface area (Å²) in [4.78, 5) is 26.9. The van der Waals surface area contributed by atoms with Crippen LogP contribution >= 0.6 is 11.6 Å². The van der Waals surface area contributed by atoms with E-state index in [0.717, 1.165) is 12.0 Å². The van der Waals surface area contributed by atoms with Crippen molar-refractivity contribution >= 4 is 29.6 Å². The summed E-state index contributed by atoms with van der Waals surface area (Å²) in [6.07, 6.45) is 3.69. The summed E-state index contributed by atoms with van der Waals surface area (Å²) in [6, 6.07) is 12.4. The van der Waals surface area contributed by atoms with Gasteiger partial charge in [-0.3, -0.25) is 9.59 Å². The van der Waals surface area contributed by atoms with E-state index in [1.807, 2.05) is 32.0 Å². The van der Waals surface area contributed by atoms with Crippen molar-refractivity contribution in [3.63, 3.8) is 0 Å². The smallest absolute Gasteiger partial charge is 0.253 e. The molecule has 1 fully saturated rings. The molecular weight excluding hydrogens is 442 g/mol. The maximum absolute atomic E-state index is 12.6. The van der Waals surface area contributed by atoms with Crippen molar-refractivity contribution in [3.05, 3.63) is 58.6 Å². The molecule has 0 saturated carbocycles. The van der Waals surface area contributed by atoms with Gasteiger partial charge in [0, 0.05) is 29.6 Å². The lowest BCUT2D eigenvalue weighted by Crippen LogP contribution is -2.42. The summed E-state index contributed by atoms with van der Waals surface area (Å²) in [7, 11) is 0. The Labute approximate surface area is 199 Å². The molecule has 0 unspecified atom stereocenters. The van der Waals surface area contributed by atoms with E-state index in [1.54, 1.807) is 35.4 Å². The molecule has 1 heterocycles. The van der Waals surface area contributed by atoms with Crippen LogP contribution in [0.1, 0.15) is 49.0 Å². The fourth-order valence-corrected chi connectivity index (χ4v) is 3.71. The Hall–Kier alpha value is -3.06. The molecule has 2 aromatic carbocycles. The third-order valence-corrected chi connectivity index (χ3v) is 5.61. The number of likely N-dealkylation sites (tertiary alicyclic amines) is 1. The Morgan fingerprint density at radius 3 is 2.48 bits per heavy atom. The molecule has 2 amide bonds. The Kier molecular flexibility index (Phi) is 9.13. The highest BCUT2D eigenvalue weighted by Crippen LogP contribution is 2.28. The molecular formula is C25H30ClN3O4. The fourth-order valence-electron chi connectivity index (χ4n) is 3.59. The number of benzene rings is 2. The van der Waals surface area contributed by atoms with Crippen LogP contribution < -0.4 is 14.9 Å². The maximum Gasteiger partial charge on any atom is 0.253 e. The molecule has 176 valence electrons. The Balaban J connectivity index is 1.50. The molecule has 33 heavy (non-hydrogen) atoms. The van der Waals surface area contributed by atoms with Gasteiger partial charge in [0.15, 0.2) is 11.5 Å². The predicted octanol–water partition coefficient (Wildman–Crippen LogP) is 4.53. The van der Waals surface area contributed by atoms with E-state index >= 15 is 0 Å². The van der Waals surface area contributed by atoms with Gasteiger partial charge in [-0.25, -0.2) is 5.43 Å². The largest absolute Gasteiger partial charge is 0.490 e. The van der Waals surface area contributed by atoms with Crippen molar-refractivity contribution in [1.29, 1.82) is 0 Å². The molecule has 0 radical (unpaired) electrons. The zero-order chi connectivity index (χ0) is 23.6. The highest BCUT2D eigenvalue weighted by atomic mass is 35.5. The normalized spacial score (nSPS) is 14.3. The first-order valence-corrected chi connectivity index (χ1v) is 11.7. The van der Waals surface area contributed by atoms with Gasteiger partial charge in [0.1, 0.15) is 0 Å². The molecule has 0 aliphatic carbocycles. The number of nitrogens with zero attached hydrogens (tertiary/aromatic N) is 2. The SMILES string of the molecule is CCCOc1ccc(/C=N\NC(=O)C2CCN(C(=O)c3ccc(Cl)cc3)CC2)cc1OCC. The Morgan fingerprint density at radius 2 is 1.82 bits per heavy atom. The minimum atomic E-state index is -0.180. The number of hydrazone groups is 1. The van der Waals surface area contributed by atoms with Crippen LogP contribution in [0, 0.1) is 5.92 Å². The van der Waals surface area contributed by atoms with Gasteiger partial charge >= 0.3 is 0 Å². The molecule has 1 saturated heterocycles. The average Bonchev–Trinajstić information content (AvgIpc) is 2.84. The summed E-state index contributed by atoms with van der Waals surface area (Å²) in [6.45, 7) is 6.16. The van der Waals surface area contributed by atoms with Crippen LogP contribution in [0.5, 0.6) is 11.5 Å². The van der Waals surface area contributed by atoms with Crippen LogP contribution in [0.3, 0.4) is 0 Å². The highest BCUT2D eigenvalue weighted by Gasteiger charge is 2.27. The second kappa shape index (κ2) is 12.3. The predicted molar refractivity (Wildman–Crippen MR) is 129 cm³/mol. The van der Waals surface area contributed by atoms with Crippen molar-refractivity contribution < 1.29 is 19.1 Å². The average molecular weight is 472 g/mol. The fraction of sp³-hybridized carbons (Fsp3) is 0.400. The number of nitrogens with one attached hydrogen (secondary N) is 1. The van der Waals surface area contributed by atoms with Gasteiger partial charge in [-0.05, 0) is 74.2 Å². The Morgan fingerprint density at radius 1 is 1.09 bits per heavy atom. The number of ether oxygens (including phenoxy) is 2. The third-order valence-electron chi connectivity index (χ3n) is 5.36. The lowest BCUT2D eigenvalue weighted by Gasteiger charge is -2.31. The maximum atomic E-state index is 12.6. The van der Waals surface area contributed by atoms with Crippen molar-refractivity contribution in [2.24, 2.45) is 11.0 Å². The standard InChI is InChI=1S/C25H30ClN3O4/c1-3-15-33-22-10-5-18(16-23(22)32-4-2)17-27-28-24(30)19-11-13-29(14-12-19)25(31)20-6-8-21(26)9-7-20/h5-10,16-17,19H,3-4,11-15H2,1-2H3,(H,28,30)/b27-17-. The quantitative estimate of drug-likeness (QED) is 0.430. The molecule has 3 rings (SSSR count). The second-order valence-corrected chi connectivity index (χ2v) is 8.23. The van der Waals surface area contributed by atoms with Crippen LogP contribution in [0.15, 0.2) is 47.6 Å². The van der Waals surface area contributed by atoms with E-state index < -0.39 is 0 Å². The van der Waals surface area contributed by atoms with E-state index in [1.165, 1.54) is 0 Å². The summed E-state index contributed by atoms with van der Waals surface area (Å²) in [5.74, 6) is 0.983. The number of carbonyl (C=O) groups excluding carboxylic acids is 2. The first kappa shape index (κ1) is 24.6. The van der Waals surface area contributed by atoms with E-state index in [0.29, 0.717) is 61.2 Å². The molecule has 0 bridgehead atoms. The molecule has 0 spiro atoms. The zero-order valence-electron chi connectivity index (χ0n) is 19.1. The lowest BCUT2D eigenvalue weighted by atomic mass is 9.95. The number of piperidine rings is 1. The van der Waals surface area contributed by atoms with E-state index in [9.17, 15) is 9.59 Å². The molecule has 1 aliphatic rings. The van der Waals surface area contributed by atoms with Gasteiger partial charge in [0.25, 0.3) is 5.91 Å². The molecule has 1 aliphatic heterocycles. The summed E-state index contributed by atoms with van der Waals surface area (Å²) in [5.41, 5.74) is 4.02. The van der Waals surface area contributed by atoms with Gasteiger partial charge in [-0.1, -0.05) is 18.5 Å². The Bertz CT molecular complexity index is 970. The molecule has 0 aromatic heterocycles. The van der Waals surface area contributed by atoms with Gasteiger partial charge in [0.05, 0.1) is 19.4 Å². The molecule has 7 nitrogen and oxygen atoms in total. The zero-order valence-corrected chi connectivity index (χ0v) is 19.8. The molecule has 0 atom stereocenters. The molecule has 1 N–H and O–H groups in total. The minimum Gasteiger partial charge on any atom is -0.490 e. The van der Waals surface area contributed by atoms with Gasteiger partial charge < -0.3 is 14.4 Å². The van der Waals surface area contributed by atoms with Gasteiger partial charge in [-0.15, -0.1) is 0 Å². The van der Waals surface area contributed by atoms with Gasteiger partial charge in [-0.2, -0.15) is 5.10 Å². The lowest BCUT2D eigenvalue weighted by molar-refractivity contribution is -0.126. The van der Waals surface area contributed by atoms with Crippen LogP contribution in [0.2, 0.25) is 5.02 Å². The topological polar surface area (TPSA) is 80.2 Å². The number of amides is 2. The molecule has 8 heteroatoms. The van der Waals surface area contributed by atoms with E-state index in [4.69, 9.17) is 21.1 Å². The monoisotopic (exact) mass is 471 g/mol. The number of halogens is 1. The first-order valence-electron chi connectivity index (χ1n) is 11.3. The number of hydrogen-bond donors (Lipinski definition) is 1. The van der Waals surface area contributed by atoms with E-state index in [2.05, 4.69) is 10.5 Å². The van der Waals surface area contributed by atoms with Gasteiger partial charge in [0.2, 0.25) is 5.91 Å².